The van der Waals surface area contributed by atoms with Gasteiger partial charge >= 0.3 is 0 Å². The molecule has 0 aromatic heterocycles. The topological polar surface area (TPSA) is 46.5 Å². The third-order valence-electron chi connectivity index (χ3n) is 6.82. The van der Waals surface area contributed by atoms with E-state index >= 15 is 0 Å². The van der Waals surface area contributed by atoms with Gasteiger partial charge in [0.1, 0.15) is 11.5 Å². The van der Waals surface area contributed by atoms with E-state index in [1.54, 1.807) is 0 Å². The molecule has 1 aliphatic carbocycles. The Kier molecular flexibility index (Phi) is 4.36. The molecule has 0 amide bonds. The zero-order valence-electron chi connectivity index (χ0n) is 17.4. The van der Waals surface area contributed by atoms with Crippen LogP contribution in [0.4, 0.5) is 0 Å². The molecular formula is C29H22O3. The Hall–Kier alpha value is -3.85. The third-order valence-corrected chi connectivity index (χ3v) is 6.82. The molecule has 0 spiro atoms. The molecule has 1 fully saturated rings. The van der Waals surface area contributed by atoms with E-state index in [1.807, 2.05) is 72.8 Å². The van der Waals surface area contributed by atoms with E-state index in [2.05, 4.69) is 24.3 Å². The van der Waals surface area contributed by atoms with Crippen LogP contribution in [-0.2, 0) is 4.79 Å². The summed E-state index contributed by atoms with van der Waals surface area (Å²) in [5.41, 5.74) is 3.36. The molecular weight excluding hydrogens is 396 g/mol. The summed E-state index contributed by atoms with van der Waals surface area (Å²) < 4.78 is 6.30. The fourth-order valence-corrected chi connectivity index (χ4v) is 5.34. The summed E-state index contributed by atoms with van der Waals surface area (Å²) in [7, 11) is 0. The van der Waals surface area contributed by atoms with Crippen LogP contribution < -0.4 is 4.74 Å². The summed E-state index contributed by atoms with van der Waals surface area (Å²) in [6, 6.07) is 31.9. The van der Waals surface area contributed by atoms with Crippen molar-refractivity contribution in [3.8, 4) is 5.75 Å². The number of aliphatic hydroxyl groups is 1. The Labute approximate surface area is 186 Å². The van der Waals surface area contributed by atoms with Crippen LogP contribution in [0.5, 0.6) is 5.75 Å². The predicted octanol–water partition coefficient (Wildman–Crippen LogP) is 6.41. The molecule has 2 aliphatic rings. The minimum absolute atomic E-state index is 0.0202. The van der Waals surface area contributed by atoms with Crippen molar-refractivity contribution >= 4 is 22.3 Å². The summed E-state index contributed by atoms with van der Waals surface area (Å²) in [5.74, 6) is 0.627. The van der Waals surface area contributed by atoms with Gasteiger partial charge in [0, 0.05) is 22.6 Å². The average Bonchev–Trinajstić information content (AvgIpc) is 3.26. The molecule has 3 heteroatoms. The lowest BCUT2D eigenvalue weighted by Crippen LogP contribution is -2.39. The summed E-state index contributed by atoms with van der Waals surface area (Å²) in [4.78, 5) is 13.7. The Bertz CT molecular complexity index is 1360. The molecule has 3 atom stereocenters. The minimum Gasteiger partial charge on any atom is -0.507 e. The van der Waals surface area contributed by atoms with Crippen LogP contribution in [-0.4, -0.2) is 17.0 Å². The SMILES string of the molecule is O=C1/C(=C(/O)c2ccccc2)C[C@@H](c2ccccc2)[C@@H]2c3c(ccc4ccccc34)O[C@H]12. The first kappa shape index (κ1) is 18.9. The first-order chi connectivity index (χ1) is 15.7. The lowest BCUT2D eigenvalue weighted by molar-refractivity contribution is -0.123. The molecule has 1 aliphatic heterocycles. The molecule has 0 unspecified atom stereocenters. The number of ketones is 1. The minimum atomic E-state index is -0.643. The maximum Gasteiger partial charge on any atom is 0.203 e. The van der Waals surface area contributed by atoms with Crippen molar-refractivity contribution in [1.29, 1.82) is 0 Å². The lowest BCUT2D eigenvalue weighted by atomic mass is 9.68. The van der Waals surface area contributed by atoms with E-state index in [0.717, 1.165) is 27.6 Å². The fourth-order valence-electron chi connectivity index (χ4n) is 5.34. The van der Waals surface area contributed by atoms with Crippen LogP contribution in [0.3, 0.4) is 0 Å². The van der Waals surface area contributed by atoms with Gasteiger partial charge in [-0.15, -0.1) is 0 Å². The number of benzene rings is 4. The van der Waals surface area contributed by atoms with Crippen molar-refractivity contribution in [2.75, 3.05) is 0 Å². The highest BCUT2D eigenvalue weighted by Gasteiger charge is 2.50. The van der Waals surface area contributed by atoms with Crippen molar-refractivity contribution in [2.45, 2.75) is 24.4 Å². The molecule has 1 N–H and O–H groups in total. The van der Waals surface area contributed by atoms with E-state index in [4.69, 9.17) is 4.74 Å². The van der Waals surface area contributed by atoms with E-state index in [9.17, 15) is 9.90 Å². The van der Waals surface area contributed by atoms with Crippen LogP contribution in [0, 0.1) is 0 Å². The molecule has 0 bridgehead atoms. The average molecular weight is 418 g/mol. The number of Topliss-reactive ketones (excluding diaryl/α,β-unsaturated/α-hetero) is 1. The van der Waals surface area contributed by atoms with Crippen LogP contribution in [0.25, 0.3) is 16.5 Å². The van der Waals surface area contributed by atoms with Crippen molar-refractivity contribution < 1.29 is 14.6 Å². The number of rotatable bonds is 2. The molecule has 3 nitrogen and oxygen atoms in total. The second kappa shape index (κ2) is 7.38. The highest BCUT2D eigenvalue weighted by molar-refractivity contribution is 6.07. The molecule has 6 rings (SSSR count). The number of aliphatic hydroxyl groups excluding tert-OH is 1. The largest absolute Gasteiger partial charge is 0.507 e. The molecule has 0 saturated heterocycles. The molecule has 1 saturated carbocycles. The third kappa shape index (κ3) is 2.85. The van der Waals surface area contributed by atoms with E-state index in [-0.39, 0.29) is 23.4 Å². The first-order valence-electron chi connectivity index (χ1n) is 11.0. The van der Waals surface area contributed by atoms with E-state index in [0.29, 0.717) is 17.6 Å². The number of carbonyl (C=O) groups is 1. The zero-order chi connectivity index (χ0) is 21.7. The fraction of sp³-hybridized carbons (Fsp3) is 0.138. The predicted molar refractivity (Wildman–Crippen MR) is 126 cm³/mol. The smallest absolute Gasteiger partial charge is 0.203 e. The Balaban J connectivity index is 1.55. The van der Waals surface area contributed by atoms with E-state index in [1.165, 1.54) is 0 Å². The van der Waals surface area contributed by atoms with Gasteiger partial charge in [-0.3, -0.25) is 4.79 Å². The molecule has 1 heterocycles. The van der Waals surface area contributed by atoms with Gasteiger partial charge in [-0.25, -0.2) is 0 Å². The quantitative estimate of drug-likeness (QED) is 0.302. The highest BCUT2D eigenvalue weighted by Crippen LogP contribution is 2.55. The van der Waals surface area contributed by atoms with Gasteiger partial charge in [0.15, 0.2) is 6.10 Å². The summed E-state index contributed by atoms with van der Waals surface area (Å²) in [6.45, 7) is 0. The van der Waals surface area contributed by atoms with Gasteiger partial charge in [0.25, 0.3) is 0 Å². The molecule has 156 valence electrons. The van der Waals surface area contributed by atoms with Gasteiger partial charge in [0.05, 0.1) is 0 Å². The standard InChI is InChI=1S/C29H22O3/c30-27(20-12-5-2-6-13-20)23-17-22(18-9-3-1-4-10-18)26-25-21-14-8-7-11-19(21)15-16-24(25)32-29(26)28(23)31/h1-16,22,26,29-30H,17H2/b27-23+/t22-,26+,29-/m0/s1. The van der Waals surface area contributed by atoms with Gasteiger partial charge in [0.2, 0.25) is 5.78 Å². The Morgan fingerprint density at radius 3 is 2.28 bits per heavy atom. The lowest BCUT2D eigenvalue weighted by Gasteiger charge is -2.34. The Morgan fingerprint density at radius 1 is 0.812 bits per heavy atom. The number of ether oxygens (including phenoxy) is 1. The second-order valence-electron chi connectivity index (χ2n) is 8.54. The normalized spacial score (nSPS) is 23.4. The van der Waals surface area contributed by atoms with Gasteiger partial charge < -0.3 is 9.84 Å². The summed E-state index contributed by atoms with van der Waals surface area (Å²) >= 11 is 0. The monoisotopic (exact) mass is 418 g/mol. The number of fused-ring (bicyclic) bond motifs is 5. The van der Waals surface area contributed by atoms with Gasteiger partial charge in [-0.05, 0) is 34.7 Å². The van der Waals surface area contributed by atoms with Crippen LogP contribution in [0.15, 0.2) is 103 Å². The Morgan fingerprint density at radius 2 is 1.50 bits per heavy atom. The van der Waals surface area contributed by atoms with Crippen molar-refractivity contribution in [3.05, 3.63) is 119 Å². The van der Waals surface area contributed by atoms with Crippen LogP contribution >= 0.6 is 0 Å². The van der Waals surface area contributed by atoms with Gasteiger partial charge in [-0.2, -0.15) is 0 Å². The number of carbonyl (C=O) groups excluding carboxylic acids is 1. The zero-order valence-corrected chi connectivity index (χ0v) is 17.4. The summed E-state index contributed by atoms with van der Waals surface area (Å²) in [6.07, 6.45) is -0.174. The maximum absolute atomic E-state index is 13.7. The number of hydrogen-bond donors (Lipinski definition) is 1. The number of hydrogen-bond acceptors (Lipinski definition) is 3. The van der Waals surface area contributed by atoms with E-state index < -0.39 is 6.10 Å². The van der Waals surface area contributed by atoms with Crippen molar-refractivity contribution in [2.24, 2.45) is 0 Å². The molecule has 4 aromatic rings. The van der Waals surface area contributed by atoms with Crippen LogP contribution in [0.2, 0.25) is 0 Å². The first-order valence-corrected chi connectivity index (χ1v) is 11.0. The van der Waals surface area contributed by atoms with Crippen LogP contribution in [0.1, 0.15) is 34.9 Å². The second-order valence-corrected chi connectivity index (χ2v) is 8.54. The molecule has 0 radical (unpaired) electrons. The summed E-state index contributed by atoms with van der Waals surface area (Å²) in [5, 5.41) is 13.4. The maximum atomic E-state index is 13.7. The molecule has 32 heavy (non-hydrogen) atoms. The van der Waals surface area contributed by atoms with Crippen molar-refractivity contribution in [1.82, 2.24) is 0 Å². The van der Waals surface area contributed by atoms with Gasteiger partial charge in [-0.1, -0.05) is 91.0 Å². The highest BCUT2D eigenvalue weighted by atomic mass is 16.5. The molecule has 4 aromatic carbocycles. The van der Waals surface area contributed by atoms with Crippen molar-refractivity contribution in [3.63, 3.8) is 0 Å².